The van der Waals surface area contributed by atoms with E-state index in [0.29, 0.717) is 53.3 Å². The molecule has 10 heteroatoms. The summed E-state index contributed by atoms with van der Waals surface area (Å²) in [5.74, 6) is 2.12. The Balaban J connectivity index is 1.58. The van der Waals surface area contributed by atoms with E-state index in [1.165, 1.54) is 10.4 Å². The molecule has 2 aromatic carbocycles. The number of hydrogen-bond donors (Lipinski definition) is 0. The number of hydrogen-bond acceptors (Lipinski definition) is 7. The highest BCUT2D eigenvalue weighted by molar-refractivity contribution is 7.89. The molecule has 0 unspecified atom stereocenters. The minimum Gasteiger partial charge on any atom is -0.486 e. The fourth-order valence-corrected chi connectivity index (χ4v) is 5.74. The highest BCUT2D eigenvalue weighted by Gasteiger charge is 2.28. The van der Waals surface area contributed by atoms with Crippen molar-refractivity contribution in [3.63, 3.8) is 0 Å². The molecule has 0 aromatic heterocycles. The monoisotopic (exact) mass is 510 g/mol. The fourth-order valence-electron chi connectivity index (χ4n) is 4.05. The highest BCUT2D eigenvalue weighted by Crippen LogP contribution is 2.38. The summed E-state index contributed by atoms with van der Waals surface area (Å²) in [6.45, 7) is 8.58. The zero-order chi connectivity index (χ0) is 24.1. The Morgan fingerprint density at radius 2 is 1.50 bits per heavy atom. The van der Waals surface area contributed by atoms with Gasteiger partial charge in [0.1, 0.15) is 13.2 Å². The normalized spacial score (nSPS) is 14.7. The van der Waals surface area contributed by atoms with Gasteiger partial charge in [0, 0.05) is 30.2 Å². The number of sulfonamides is 1. The summed E-state index contributed by atoms with van der Waals surface area (Å²) in [5.41, 5.74) is 0.663. The molecule has 0 fully saturated rings. The molecule has 0 aliphatic carbocycles. The number of fused-ring (bicyclic) bond motifs is 2. The summed E-state index contributed by atoms with van der Waals surface area (Å²) < 4.78 is 50.9. The largest absolute Gasteiger partial charge is 0.486 e. The quantitative estimate of drug-likeness (QED) is 0.420. The molecular weight excluding hydrogens is 480 g/mol. The Morgan fingerprint density at radius 3 is 2.24 bits per heavy atom. The van der Waals surface area contributed by atoms with Gasteiger partial charge in [-0.25, -0.2) is 8.42 Å². The van der Waals surface area contributed by atoms with Gasteiger partial charge in [0.05, 0.1) is 4.90 Å². The summed E-state index contributed by atoms with van der Waals surface area (Å²) in [7, 11) is -3.82. The van der Waals surface area contributed by atoms with Crippen molar-refractivity contribution in [2.24, 2.45) is 0 Å². The first-order chi connectivity index (χ1) is 16.4. The van der Waals surface area contributed by atoms with E-state index in [9.17, 15) is 8.42 Å². The number of unbranched alkanes of at least 4 members (excludes halogenated alkanes) is 1. The maximum atomic E-state index is 13.7. The van der Waals surface area contributed by atoms with Crippen molar-refractivity contribution in [2.75, 3.05) is 46.2 Å². The van der Waals surface area contributed by atoms with Gasteiger partial charge in [-0.2, -0.15) is 4.31 Å². The molecule has 2 aliphatic heterocycles. The Kier molecular flexibility index (Phi) is 8.08. The Bertz CT molecular complexity index is 1110. The molecule has 0 bridgehead atoms. The zero-order valence-electron chi connectivity index (χ0n) is 19.6. The van der Waals surface area contributed by atoms with E-state index in [-0.39, 0.29) is 18.2 Å². The topological polar surface area (TPSA) is 77.5 Å². The van der Waals surface area contributed by atoms with Crippen molar-refractivity contribution in [1.29, 1.82) is 0 Å². The van der Waals surface area contributed by atoms with Crippen LogP contribution in [0.2, 0.25) is 5.02 Å². The molecule has 34 heavy (non-hydrogen) atoms. The predicted octanol–water partition coefficient (Wildman–Crippen LogP) is 4.15. The second-order valence-corrected chi connectivity index (χ2v) is 10.5. The molecule has 186 valence electrons. The molecule has 0 N–H and O–H groups in total. The van der Waals surface area contributed by atoms with E-state index in [0.717, 1.165) is 32.5 Å². The number of rotatable bonds is 11. The number of halogens is 1. The van der Waals surface area contributed by atoms with Gasteiger partial charge in [-0.05, 0) is 56.2 Å². The maximum Gasteiger partial charge on any atom is 0.243 e. The van der Waals surface area contributed by atoms with Crippen molar-refractivity contribution in [3.8, 4) is 23.0 Å². The molecular formula is C24H31ClN2O6S. The Hall–Kier alpha value is -2.20. The average Bonchev–Trinajstić information content (AvgIpc) is 3.30. The fraction of sp³-hybridized carbons (Fsp3) is 0.500. The third-order valence-corrected chi connectivity index (χ3v) is 8.26. The Morgan fingerprint density at radius 1 is 0.853 bits per heavy atom. The molecule has 0 saturated heterocycles. The predicted molar refractivity (Wildman–Crippen MR) is 130 cm³/mol. The minimum atomic E-state index is -3.82. The van der Waals surface area contributed by atoms with Crippen LogP contribution in [0.15, 0.2) is 35.2 Å². The molecule has 0 spiro atoms. The molecule has 2 aromatic rings. The average molecular weight is 511 g/mol. The van der Waals surface area contributed by atoms with Crippen molar-refractivity contribution >= 4 is 21.6 Å². The standard InChI is InChI=1S/C24H31ClN2O6S/c1-3-26(4-2)9-5-6-10-27(16-18-13-22-24(15-20(18)25)33-17-32-22)34(28,29)19-7-8-21-23(14-19)31-12-11-30-21/h7-8,13-15H,3-6,9-12,16-17H2,1-2H3. The molecule has 0 amide bonds. The first-order valence-corrected chi connectivity index (χ1v) is 13.4. The van der Waals surface area contributed by atoms with Crippen molar-refractivity contribution in [2.45, 2.75) is 38.1 Å². The van der Waals surface area contributed by atoms with E-state index in [4.69, 9.17) is 30.5 Å². The molecule has 2 heterocycles. The first-order valence-electron chi connectivity index (χ1n) is 11.6. The summed E-state index contributed by atoms with van der Waals surface area (Å²) in [5, 5.41) is 0.440. The van der Waals surface area contributed by atoms with Crippen LogP contribution in [-0.2, 0) is 16.6 Å². The lowest BCUT2D eigenvalue weighted by Gasteiger charge is -2.25. The van der Waals surface area contributed by atoms with E-state index in [1.807, 2.05) is 0 Å². The van der Waals surface area contributed by atoms with Crippen LogP contribution in [0.3, 0.4) is 0 Å². The van der Waals surface area contributed by atoms with Gasteiger partial charge < -0.3 is 23.8 Å². The number of nitrogens with zero attached hydrogens (tertiary/aromatic N) is 2. The number of benzene rings is 2. The smallest absolute Gasteiger partial charge is 0.243 e. The van der Waals surface area contributed by atoms with Crippen LogP contribution in [0, 0.1) is 0 Å². The molecule has 0 atom stereocenters. The lowest BCUT2D eigenvalue weighted by Crippen LogP contribution is -2.32. The molecule has 4 rings (SSSR count). The van der Waals surface area contributed by atoms with Crippen LogP contribution in [0.5, 0.6) is 23.0 Å². The van der Waals surface area contributed by atoms with E-state index >= 15 is 0 Å². The van der Waals surface area contributed by atoms with Gasteiger partial charge in [0.15, 0.2) is 23.0 Å². The molecule has 2 aliphatic rings. The summed E-state index contributed by atoms with van der Waals surface area (Å²) >= 11 is 6.48. The van der Waals surface area contributed by atoms with Gasteiger partial charge >= 0.3 is 0 Å². The van der Waals surface area contributed by atoms with E-state index in [1.54, 1.807) is 24.3 Å². The van der Waals surface area contributed by atoms with Crippen molar-refractivity contribution in [1.82, 2.24) is 9.21 Å². The van der Waals surface area contributed by atoms with Gasteiger partial charge in [0.2, 0.25) is 16.8 Å². The van der Waals surface area contributed by atoms with E-state index in [2.05, 4.69) is 18.7 Å². The van der Waals surface area contributed by atoms with Crippen LogP contribution in [0.25, 0.3) is 0 Å². The lowest BCUT2D eigenvalue weighted by atomic mass is 10.2. The first kappa shape index (κ1) is 24.9. The zero-order valence-corrected chi connectivity index (χ0v) is 21.2. The summed E-state index contributed by atoms with van der Waals surface area (Å²) in [4.78, 5) is 2.49. The minimum absolute atomic E-state index is 0.123. The third-order valence-electron chi connectivity index (χ3n) is 6.07. The van der Waals surface area contributed by atoms with Gasteiger partial charge in [-0.15, -0.1) is 0 Å². The van der Waals surface area contributed by atoms with Crippen LogP contribution < -0.4 is 18.9 Å². The molecule has 0 radical (unpaired) electrons. The maximum absolute atomic E-state index is 13.7. The number of ether oxygens (including phenoxy) is 4. The van der Waals surface area contributed by atoms with Gasteiger partial charge in [0.25, 0.3) is 0 Å². The van der Waals surface area contributed by atoms with Crippen LogP contribution in [0.1, 0.15) is 32.3 Å². The third kappa shape index (κ3) is 5.54. The SMILES string of the molecule is CCN(CC)CCCCN(Cc1cc2c(cc1Cl)OCO2)S(=O)(=O)c1ccc2c(c1)OCCO2. The van der Waals surface area contributed by atoms with Crippen LogP contribution in [0.4, 0.5) is 0 Å². The van der Waals surface area contributed by atoms with Crippen molar-refractivity contribution in [3.05, 3.63) is 40.9 Å². The molecule has 8 nitrogen and oxygen atoms in total. The second kappa shape index (κ2) is 11.0. The summed E-state index contributed by atoms with van der Waals surface area (Å²) in [6.07, 6.45) is 1.62. The molecule has 0 saturated carbocycles. The van der Waals surface area contributed by atoms with Crippen LogP contribution >= 0.6 is 11.6 Å². The van der Waals surface area contributed by atoms with Crippen LogP contribution in [-0.4, -0.2) is 63.8 Å². The van der Waals surface area contributed by atoms with Gasteiger partial charge in [-0.3, -0.25) is 0 Å². The Labute approximate surface area is 206 Å². The van der Waals surface area contributed by atoms with Crippen molar-refractivity contribution < 1.29 is 27.4 Å². The van der Waals surface area contributed by atoms with E-state index < -0.39 is 10.0 Å². The van der Waals surface area contributed by atoms with Gasteiger partial charge in [-0.1, -0.05) is 25.4 Å². The lowest BCUT2D eigenvalue weighted by molar-refractivity contribution is 0.171. The highest BCUT2D eigenvalue weighted by atomic mass is 35.5. The summed E-state index contributed by atoms with van der Waals surface area (Å²) in [6, 6.07) is 8.18. The second-order valence-electron chi connectivity index (χ2n) is 8.17.